The van der Waals surface area contributed by atoms with E-state index in [-0.39, 0.29) is 12.1 Å². The molecule has 1 aliphatic heterocycles. The highest BCUT2D eigenvalue weighted by molar-refractivity contribution is 5.76. The van der Waals surface area contributed by atoms with E-state index in [2.05, 4.69) is 19.2 Å². The van der Waals surface area contributed by atoms with Crippen molar-refractivity contribution in [3.05, 3.63) is 0 Å². The van der Waals surface area contributed by atoms with Gasteiger partial charge in [0.25, 0.3) is 0 Å². The van der Waals surface area contributed by atoms with E-state index in [0.717, 1.165) is 6.54 Å². The van der Waals surface area contributed by atoms with Crippen LogP contribution in [0.2, 0.25) is 0 Å². The number of carbonyl (C=O) groups is 1. The molecule has 1 heterocycles. The quantitative estimate of drug-likeness (QED) is 0.730. The van der Waals surface area contributed by atoms with Gasteiger partial charge in [-0.1, -0.05) is 13.8 Å². The third kappa shape index (κ3) is 4.26. The third-order valence-corrected chi connectivity index (χ3v) is 2.60. The summed E-state index contributed by atoms with van der Waals surface area (Å²) in [6, 6.07) is -0.468. The number of hydrogen-bond acceptors (Lipinski definition) is 5. The Hall–Kier alpha value is -0.650. The Morgan fingerprint density at radius 3 is 2.59 bits per heavy atom. The first-order valence-electron chi connectivity index (χ1n) is 5.98. The fourth-order valence-electron chi connectivity index (χ4n) is 1.74. The normalized spacial score (nSPS) is 24.9. The third-order valence-electron chi connectivity index (χ3n) is 2.60. The topological polar surface area (TPSA) is 56.8 Å². The highest BCUT2D eigenvalue weighted by Gasteiger charge is 2.40. The molecular weight excluding hydrogens is 222 g/mol. The molecule has 0 aliphatic carbocycles. The molecule has 0 unspecified atom stereocenters. The molecule has 5 heteroatoms. The molecule has 5 nitrogen and oxygen atoms in total. The number of methoxy groups -OCH3 is 1. The fraction of sp³-hybridized carbons (Fsp3) is 0.917. The van der Waals surface area contributed by atoms with Crippen LogP contribution < -0.4 is 5.32 Å². The Labute approximate surface area is 103 Å². The molecule has 0 aromatic rings. The first kappa shape index (κ1) is 14.4. The van der Waals surface area contributed by atoms with Crippen molar-refractivity contribution in [3.63, 3.8) is 0 Å². The lowest BCUT2D eigenvalue weighted by Crippen LogP contribution is -2.49. The van der Waals surface area contributed by atoms with Crippen molar-refractivity contribution in [1.82, 2.24) is 5.32 Å². The summed E-state index contributed by atoms with van der Waals surface area (Å²) in [6.45, 7) is 8.97. The molecule has 0 radical (unpaired) electrons. The summed E-state index contributed by atoms with van der Waals surface area (Å²) in [6.07, 6.45) is -0.295. The summed E-state index contributed by atoms with van der Waals surface area (Å²) < 4.78 is 15.9. The van der Waals surface area contributed by atoms with E-state index in [1.165, 1.54) is 7.11 Å². The average molecular weight is 245 g/mol. The standard InChI is InChI=1S/C12H23NO4/c1-8(2)6-13-10(11(14)15-5)9-7-16-12(3,4)17-9/h8-10,13H,6-7H2,1-5H3/t9-,10-/m0/s1. The minimum absolute atomic E-state index is 0.295. The second kappa shape index (κ2) is 5.80. The molecule has 1 aliphatic rings. The van der Waals surface area contributed by atoms with Crippen molar-refractivity contribution in [2.75, 3.05) is 20.3 Å². The van der Waals surface area contributed by atoms with Crippen LogP contribution >= 0.6 is 0 Å². The van der Waals surface area contributed by atoms with Crippen LogP contribution in [-0.2, 0) is 19.0 Å². The van der Waals surface area contributed by atoms with E-state index < -0.39 is 11.8 Å². The zero-order valence-electron chi connectivity index (χ0n) is 11.3. The summed E-state index contributed by atoms with van der Waals surface area (Å²) in [5.41, 5.74) is 0. The first-order valence-corrected chi connectivity index (χ1v) is 5.98. The van der Waals surface area contributed by atoms with Gasteiger partial charge < -0.3 is 19.5 Å². The number of rotatable bonds is 5. The van der Waals surface area contributed by atoms with E-state index in [1.54, 1.807) is 0 Å². The molecule has 0 aromatic carbocycles. The Bertz CT molecular complexity index is 265. The summed E-state index contributed by atoms with van der Waals surface area (Å²) in [5, 5.41) is 3.17. The maximum absolute atomic E-state index is 11.7. The Kier molecular flexibility index (Phi) is 4.91. The number of nitrogens with one attached hydrogen (secondary N) is 1. The molecular formula is C12H23NO4. The number of hydrogen-bond donors (Lipinski definition) is 1. The molecule has 1 saturated heterocycles. The molecule has 100 valence electrons. The summed E-state index contributed by atoms with van der Waals surface area (Å²) in [7, 11) is 1.38. The molecule has 0 spiro atoms. The molecule has 0 aromatic heterocycles. The van der Waals surface area contributed by atoms with Crippen molar-refractivity contribution in [2.45, 2.75) is 45.6 Å². The Morgan fingerprint density at radius 2 is 2.18 bits per heavy atom. The van der Waals surface area contributed by atoms with Crippen LogP contribution in [0.25, 0.3) is 0 Å². The zero-order valence-corrected chi connectivity index (χ0v) is 11.3. The van der Waals surface area contributed by atoms with Crippen molar-refractivity contribution in [2.24, 2.45) is 5.92 Å². The lowest BCUT2D eigenvalue weighted by molar-refractivity contribution is -0.157. The minimum Gasteiger partial charge on any atom is -0.468 e. The maximum atomic E-state index is 11.7. The van der Waals surface area contributed by atoms with Gasteiger partial charge in [-0.15, -0.1) is 0 Å². The van der Waals surface area contributed by atoms with Crippen molar-refractivity contribution in [1.29, 1.82) is 0 Å². The van der Waals surface area contributed by atoms with E-state index in [9.17, 15) is 4.79 Å². The van der Waals surface area contributed by atoms with Crippen LogP contribution in [0.5, 0.6) is 0 Å². The minimum atomic E-state index is -0.629. The Morgan fingerprint density at radius 1 is 1.53 bits per heavy atom. The number of carbonyl (C=O) groups excluding carboxylic acids is 1. The second-order valence-electron chi connectivity index (χ2n) is 5.17. The molecule has 0 bridgehead atoms. The van der Waals surface area contributed by atoms with Gasteiger partial charge in [-0.25, -0.2) is 0 Å². The van der Waals surface area contributed by atoms with Crippen LogP contribution in [0.3, 0.4) is 0 Å². The second-order valence-corrected chi connectivity index (χ2v) is 5.17. The summed E-state index contributed by atoms with van der Waals surface area (Å²) >= 11 is 0. The smallest absolute Gasteiger partial charge is 0.325 e. The van der Waals surface area contributed by atoms with Gasteiger partial charge in [-0.3, -0.25) is 4.79 Å². The highest BCUT2D eigenvalue weighted by Crippen LogP contribution is 2.24. The van der Waals surface area contributed by atoms with Gasteiger partial charge in [-0.2, -0.15) is 0 Å². The van der Waals surface area contributed by atoms with Crippen molar-refractivity contribution in [3.8, 4) is 0 Å². The monoisotopic (exact) mass is 245 g/mol. The molecule has 1 rings (SSSR count). The predicted molar refractivity (Wildman–Crippen MR) is 63.5 cm³/mol. The number of ether oxygens (including phenoxy) is 3. The van der Waals surface area contributed by atoms with Gasteiger partial charge in [0, 0.05) is 0 Å². The van der Waals surface area contributed by atoms with Crippen LogP contribution in [0.1, 0.15) is 27.7 Å². The highest BCUT2D eigenvalue weighted by atomic mass is 16.7. The number of esters is 1. The largest absolute Gasteiger partial charge is 0.468 e. The van der Waals surface area contributed by atoms with Crippen LogP contribution in [0.15, 0.2) is 0 Å². The van der Waals surface area contributed by atoms with Gasteiger partial charge in [-0.05, 0) is 26.3 Å². The molecule has 1 N–H and O–H groups in total. The van der Waals surface area contributed by atoms with Gasteiger partial charge in [0.2, 0.25) is 0 Å². The van der Waals surface area contributed by atoms with Gasteiger partial charge >= 0.3 is 5.97 Å². The zero-order chi connectivity index (χ0) is 13.1. The van der Waals surface area contributed by atoms with E-state index in [1.807, 2.05) is 13.8 Å². The van der Waals surface area contributed by atoms with Gasteiger partial charge in [0.1, 0.15) is 12.1 Å². The molecule has 0 saturated carbocycles. The fourth-order valence-corrected chi connectivity index (χ4v) is 1.74. The lowest BCUT2D eigenvalue weighted by atomic mass is 10.1. The van der Waals surface area contributed by atoms with Crippen LogP contribution in [0.4, 0.5) is 0 Å². The summed E-state index contributed by atoms with van der Waals surface area (Å²) in [4.78, 5) is 11.7. The van der Waals surface area contributed by atoms with E-state index in [0.29, 0.717) is 12.5 Å². The lowest BCUT2D eigenvalue weighted by Gasteiger charge is -2.24. The van der Waals surface area contributed by atoms with E-state index >= 15 is 0 Å². The molecule has 2 atom stereocenters. The van der Waals surface area contributed by atoms with Crippen LogP contribution in [-0.4, -0.2) is 44.2 Å². The molecule has 0 amide bonds. The van der Waals surface area contributed by atoms with Gasteiger partial charge in [0.15, 0.2) is 5.79 Å². The molecule has 1 fully saturated rings. The van der Waals surface area contributed by atoms with Gasteiger partial charge in [0.05, 0.1) is 13.7 Å². The first-order chi connectivity index (χ1) is 7.85. The average Bonchev–Trinajstić information content (AvgIpc) is 2.58. The summed E-state index contributed by atoms with van der Waals surface area (Å²) in [5.74, 6) is -0.481. The van der Waals surface area contributed by atoms with Crippen LogP contribution in [0, 0.1) is 5.92 Å². The predicted octanol–water partition coefficient (Wildman–Crippen LogP) is 0.925. The van der Waals surface area contributed by atoms with Crippen molar-refractivity contribution >= 4 is 5.97 Å². The maximum Gasteiger partial charge on any atom is 0.325 e. The Balaban J connectivity index is 2.60. The van der Waals surface area contributed by atoms with Crippen molar-refractivity contribution < 1.29 is 19.0 Å². The molecule has 17 heavy (non-hydrogen) atoms. The van der Waals surface area contributed by atoms with E-state index in [4.69, 9.17) is 14.2 Å². The SMILES string of the molecule is COC(=O)[C@@H](NCC(C)C)[C@@H]1COC(C)(C)O1.